The third kappa shape index (κ3) is 4.54. The normalized spacial score (nSPS) is 11.4. The van der Waals surface area contributed by atoms with Gasteiger partial charge in [-0.05, 0) is 108 Å². The monoisotopic (exact) mass is 598 g/mol. The van der Waals surface area contributed by atoms with E-state index >= 15 is 0 Å². The number of para-hydroxylation sites is 1. The van der Waals surface area contributed by atoms with Crippen molar-refractivity contribution in [3.05, 3.63) is 182 Å². The molecule has 0 amide bonds. The lowest BCUT2D eigenvalue weighted by molar-refractivity contribution is 1.18. The summed E-state index contributed by atoms with van der Waals surface area (Å²) >= 11 is 0. The summed E-state index contributed by atoms with van der Waals surface area (Å²) in [4.78, 5) is 6.90. The van der Waals surface area contributed by atoms with E-state index < -0.39 is 0 Å². The molecule has 1 heterocycles. The molecule has 0 fully saturated rings. The zero-order chi connectivity index (χ0) is 31.2. The van der Waals surface area contributed by atoms with Gasteiger partial charge in [-0.2, -0.15) is 0 Å². The zero-order valence-electron chi connectivity index (χ0n) is 25.7. The van der Waals surface area contributed by atoms with Crippen LogP contribution in [0.1, 0.15) is 0 Å². The van der Waals surface area contributed by atoms with E-state index in [9.17, 15) is 0 Å². The average molecular weight is 599 g/mol. The van der Waals surface area contributed by atoms with Crippen molar-refractivity contribution in [2.45, 2.75) is 0 Å². The van der Waals surface area contributed by atoms with Gasteiger partial charge in [0, 0.05) is 17.6 Å². The summed E-state index contributed by atoms with van der Waals surface area (Å²) in [6.45, 7) is 0. The van der Waals surface area contributed by atoms with Gasteiger partial charge < -0.3 is 0 Å². The summed E-state index contributed by atoms with van der Waals surface area (Å²) in [6, 6.07) is 63.2. The van der Waals surface area contributed by atoms with Crippen LogP contribution in [-0.4, -0.2) is 4.98 Å². The highest BCUT2D eigenvalue weighted by atomic mass is 15.2. The maximum Gasteiger partial charge on any atom is 0.137 e. The fourth-order valence-corrected chi connectivity index (χ4v) is 7.24. The molecule has 2 heteroatoms. The van der Waals surface area contributed by atoms with E-state index in [1.807, 2.05) is 24.4 Å². The van der Waals surface area contributed by atoms with Crippen molar-refractivity contribution in [3.8, 4) is 22.3 Å². The molecular formula is C45H30N2. The highest BCUT2D eigenvalue weighted by molar-refractivity contribution is 6.25. The molecule has 47 heavy (non-hydrogen) atoms. The molecule has 0 spiro atoms. The van der Waals surface area contributed by atoms with Gasteiger partial charge in [0.2, 0.25) is 0 Å². The first-order valence-electron chi connectivity index (χ1n) is 16.1. The van der Waals surface area contributed by atoms with Crippen LogP contribution in [0.3, 0.4) is 0 Å². The number of benzene rings is 8. The molecule has 9 rings (SSSR count). The summed E-state index contributed by atoms with van der Waals surface area (Å²) < 4.78 is 0. The first-order chi connectivity index (χ1) is 23.3. The molecule has 0 aliphatic rings. The second-order valence-corrected chi connectivity index (χ2v) is 11.9. The first-order valence-corrected chi connectivity index (χ1v) is 16.1. The smallest absolute Gasteiger partial charge is 0.137 e. The van der Waals surface area contributed by atoms with Gasteiger partial charge in [-0.3, -0.25) is 4.90 Å². The zero-order valence-corrected chi connectivity index (χ0v) is 25.7. The minimum Gasteiger partial charge on any atom is -0.295 e. The third-order valence-corrected chi connectivity index (χ3v) is 9.28. The number of fused-ring (bicyclic) bond motifs is 5. The van der Waals surface area contributed by atoms with Crippen molar-refractivity contribution in [2.75, 3.05) is 4.90 Å². The molecule has 0 aliphatic carbocycles. The molecule has 0 radical (unpaired) electrons. The van der Waals surface area contributed by atoms with E-state index in [0.29, 0.717) is 0 Å². The van der Waals surface area contributed by atoms with Crippen LogP contribution >= 0.6 is 0 Å². The second kappa shape index (κ2) is 11.3. The Bertz CT molecular complexity index is 2460. The number of anilines is 3. The van der Waals surface area contributed by atoms with Crippen molar-refractivity contribution < 1.29 is 0 Å². The van der Waals surface area contributed by atoms with E-state index in [2.05, 4.69) is 163 Å². The molecule has 0 bridgehead atoms. The van der Waals surface area contributed by atoms with Gasteiger partial charge in [0.1, 0.15) is 5.82 Å². The molecule has 0 unspecified atom stereocenters. The largest absolute Gasteiger partial charge is 0.295 e. The highest BCUT2D eigenvalue weighted by Crippen LogP contribution is 2.47. The van der Waals surface area contributed by atoms with Crippen molar-refractivity contribution in [1.82, 2.24) is 4.98 Å². The molecule has 0 N–H and O–H groups in total. The summed E-state index contributed by atoms with van der Waals surface area (Å²) in [7, 11) is 0. The number of nitrogens with zero attached hydrogens (tertiary/aromatic N) is 2. The lowest BCUT2D eigenvalue weighted by Crippen LogP contribution is -2.11. The molecular weight excluding hydrogens is 569 g/mol. The standard InChI is InChI=1S/C45H30N2/c1-2-15-33(16-3-1)47(43-24-12-13-29-46-43)34-27-25-31(26-28-34)44-38-20-8-10-22-40(38)45(41-23-11-9-21-39(41)44)42-30-32-14-4-5-17-35(32)36-18-6-7-19-37(36)42/h1-30H. The number of rotatable bonds is 5. The van der Waals surface area contributed by atoms with Crippen LogP contribution in [0.4, 0.5) is 17.2 Å². The first kappa shape index (κ1) is 27.1. The van der Waals surface area contributed by atoms with Crippen molar-refractivity contribution >= 4 is 60.3 Å². The minimum atomic E-state index is 0.884. The van der Waals surface area contributed by atoms with Gasteiger partial charge in [-0.25, -0.2) is 4.98 Å². The van der Waals surface area contributed by atoms with Gasteiger partial charge >= 0.3 is 0 Å². The molecule has 220 valence electrons. The molecule has 0 atom stereocenters. The van der Waals surface area contributed by atoms with Crippen LogP contribution in [0.25, 0.3) is 65.3 Å². The van der Waals surface area contributed by atoms with Gasteiger partial charge in [-0.15, -0.1) is 0 Å². The second-order valence-electron chi connectivity index (χ2n) is 11.9. The van der Waals surface area contributed by atoms with Crippen LogP contribution in [0.2, 0.25) is 0 Å². The summed E-state index contributed by atoms with van der Waals surface area (Å²) in [6.07, 6.45) is 1.85. The average Bonchev–Trinajstić information content (AvgIpc) is 3.15. The molecule has 0 aliphatic heterocycles. The van der Waals surface area contributed by atoms with Crippen molar-refractivity contribution in [1.29, 1.82) is 0 Å². The Balaban J connectivity index is 1.28. The Labute approximate surface area is 273 Å². The summed E-state index contributed by atoms with van der Waals surface area (Å²) in [5.41, 5.74) is 7.12. The van der Waals surface area contributed by atoms with Gasteiger partial charge in [0.15, 0.2) is 0 Å². The van der Waals surface area contributed by atoms with Gasteiger partial charge in [-0.1, -0.05) is 133 Å². The summed E-state index contributed by atoms with van der Waals surface area (Å²) in [5.74, 6) is 0.884. The Morgan fingerprint density at radius 3 is 1.51 bits per heavy atom. The predicted molar refractivity (Wildman–Crippen MR) is 200 cm³/mol. The molecule has 9 aromatic rings. The van der Waals surface area contributed by atoms with Gasteiger partial charge in [0.05, 0.1) is 0 Å². The van der Waals surface area contributed by atoms with Crippen LogP contribution in [0.15, 0.2) is 182 Å². The van der Waals surface area contributed by atoms with Gasteiger partial charge in [0.25, 0.3) is 0 Å². The third-order valence-electron chi connectivity index (χ3n) is 9.28. The van der Waals surface area contributed by atoms with Crippen LogP contribution in [0, 0.1) is 0 Å². The van der Waals surface area contributed by atoms with E-state index in [4.69, 9.17) is 4.98 Å². The lowest BCUT2D eigenvalue weighted by Gasteiger charge is -2.24. The molecule has 0 saturated carbocycles. The van der Waals surface area contributed by atoms with E-state index in [0.717, 1.165) is 17.2 Å². The van der Waals surface area contributed by atoms with E-state index in [1.165, 1.54) is 65.3 Å². The quantitative estimate of drug-likeness (QED) is 0.145. The van der Waals surface area contributed by atoms with E-state index in [1.54, 1.807) is 0 Å². The Kier molecular flexibility index (Phi) is 6.50. The summed E-state index contributed by atoms with van der Waals surface area (Å²) in [5, 5.41) is 10.1. The number of hydrogen-bond acceptors (Lipinski definition) is 2. The fraction of sp³-hybridized carbons (Fsp3) is 0. The lowest BCUT2D eigenvalue weighted by atomic mass is 9.84. The van der Waals surface area contributed by atoms with Crippen molar-refractivity contribution in [3.63, 3.8) is 0 Å². The predicted octanol–water partition coefficient (Wildman–Crippen LogP) is 12.5. The SMILES string of the molecule is c1ccc(N(c2ccc(-c3c4ccccc4c(-c4cc5ccccc5c5ccccc45)c4ccccc34)cc2)c2ccccn2)cc1. The topological polar surface area (TPSA) is 16.1 Å². The minimum absolute atomic E-state index is 0.884. The maximum atomic E-state index is 4.70. The fourth-order valence-electron chi connectivity index (χ4n) is 7.24. The number of aromatic nitrogens is 1. The Morgan fingerprint density at radius 1 is 0.362 bits per heavy atom. The van der Waals surface area contributed by atoms with Crippen LogP contribution in [0.5, 0.6) is 0 Å². The highest BCUT2D eigenvalue weighted by Gasteiger charge is 2.19. The van der Waals surface area contributed by atoms with Crippen LogP contribution < -0.4 is 4.90 Å². The maximum absolute atomic E-state index is 4.70. The number of hydrogen-bond donors (Lipinski definition) is 0. The molecule has 0 saturated heterocycles. The number of pyridine rings is 1. The van der Waals surface area contributed by atoms with E-state index in [-0.39, 0.29) is 0 Å². The Morgan fingerprint density at radius 2 is 0.872 bits per heavy atom. The van der Waals surface area contributed by atoms with Crippen LogP contribution in [-0.2, 0) is 0 Å². The molecule has 8 aromatic carbocycles. The molecule has 1 aromatic heterocycles. The Hall–Kier alpha value is -6.25. The van der Waals surface area contributed by atoms with Crippen molar-refractivity contribution in [2.24, 2.45) is 0 Å². The molecule has 2 nitrogen and oxygen atoms in total.